The molecule has 0 heterocycles. The van der Waals surface area contributed by atoms with Crippen LogP contribution in [0.1, 0.15) is 13.8 Å². The fraction of sp³-hybridized carbons (Fsp3) is 0.429. The van der Waals surface area contributed by atoms with Crippen molar-refractivity contribution in [2.45, 2.75) is 19.9 Å². The number of hydrogen-bond acceptors (Lipinski definition) is 3. The Morgan fingerprint density at radius 3 is 2.55 bits per heavy atom. The lowest BCUT2D eigenvalue weighted by Gasteiger charge is -2.22. The predicted octanol–water partition coefficient (Wildman–Crippen LogP) is 1.57. The summed E-state index contributed by atoms with van der Waals surface area (Å²) in [6, 6.07) is 7.99. The predicted molar refractivity (Wildman–Crippen MR) is 74.8 cm³/mol. The molecule has 110 valence electrons. The first-order chi connectivity index (χ1) is 9.54. The Balaban J connectivity index is 2.39. The van der Waals surface area contributed by atoms with Crippen molar-refractivity contribution < 1.29 is 19.4 Å². The first-order valence-electron chi connectivity index (χ1n) is 6.50. The zero-order valence-corrected chi connectivity index (χ0v) is 11.7. The van der Waals surface area contributed by atoms with E-state index in [1.54, 1.807) is 0 Å². The SMILES string of the molecule is CCN(CCOc1ccccc1)C(=O)N[C@@H](C)C(=O)O. The second kappa shape index (κ2) is 8.04. The second-order valence-corrected chi connectivity index (χ2v) is 4.25. The normalized spacial score (nSPS) is 11.5. The largest absolute Gasteiger partial charge is 0.492 e. The smallest absolute Gasteiger partial charge is 0.325 e. The summed E-state index contributed by atoms with van der Waals surface area (Å²) in [5.41, 5.74) is 0. The third-order valence-electron chi connectivity index (χ3n) is 2.75. The van der Waals surface area contributed by atoms with E-state index in [1.807, 2.05) is 37.3 Å². The van der Waals surface area contributed by atoms with Crippen molar-refractivity contribution in [3.63, 3.8) is 0 Å². The Labute approximate surface area is 118 Å². The molecule has 2 N–H and O–H groups in total. The lowest BCUT2D eigenvalue weighted by atomic mass is 10.3. The topological polar surface area (TPSA) is 78.9 Å². The minimum Gasteiger partial charge on any atom is -0.492 e. The van der Waals surface area contributed by atoms with Crippen LogP contribution in [-0.2, 0) is 4.79 Å². The van der Waals surface area contributed by atoms with Crippen LogP contribution in [0.3, 0.4) is 0 Å². The van der Waals surface area contributed by atoms with Gasteiger partial charge >= 0.3 is 12.0 Å². The molecule has 0 bridgehead atoms. The Kier molecular flexibility index (Phi) is 6.36. The number of urea groups is 1. The summed E-state index contributed by atoms with van der Waals surface area (Å²) in [4.78, 5) is 24.0. The molecule has 1 rings (SSSR count). The van der Waals surface area contributed by atoms with E-state index < -0.39 is 18.0 Å². The average Bonchev–Trinajstić information content (AvgIpc) is 2.44. The van der Waals surface area contributed by atoms with Crippen LogP contribution in [0.4, 0.5) is 4.79 Å². The Morgan fingerprint density at radius 1 is 1.35 bits per heavy atom. The highest BCUT2D eigenvalue weighted by molar-refractivity contribution is 5.82. The van der Waals surface area contributed by atoms with E-state index >= 15 is 0 Å². The monoisotopic (exact) mass is 280 g/mol. The van der Waals surface area contributed by atoms with Crippen molar-refractivity contribution >= 4 is 12.0 Å². The van der Waals surface area contributed by atoms with Crippen LogP contribution in [0.15, 0.2) is 30.3 Å². The van der Waals surface area contributed by atoms with Gasteiger partial charge in [0, 0.05) is 6.54 Å². The van der Waals surface area contributed by atoms with Crippen LogP contribution < -0.4 is 10.1 Å². The van der Waals surface area contributed by atoms with E-state index in [0.29, 0.717) is 19.7 Å². The van der Waals surface area contributed by atoms with E-state index in [-0.39, 0.29) is 0 Å². The molecule has 0 aliphatic carbocycles. The van der Waals surface area contributed by atoms with Crippen LogP contribution in [0, 0.1) is 0 Å². The van der Waals surface area contributed by atoms with Gasteiger partial charge in [0.15, 0.2) is 0 Å². The van der Waals surface area contributed by atoms with Crippen LogP contribution in [0.25, 0.3) is 0 Å². The van der Waals surface area contributed by atoms with Crippen molar-refractivity contribution in [1.29, 1.82) is 0 Å². The molecule has 0 aromatic heterocycles. The summed E-state index contributed by atoms with van der Waals surface area (Å²) in [5.74, 6) is -0.321. The average molecular weight is 280 g/mol. The van der Waals surface area contributed by atoms with Gasteiger partial charge in [-0.25, -0.2) is 4.79 Å². The third kappa shape index (κ3) is 5.17. The zero-order chi connectivity index (χ0) is 15.0. The molecule has 2 amide bonds. The Hall–Kier alpha value is -2.24. The number of carboxylic acids is 1. The fourth-order valence-corrected chi connectivity index (χ4v) is 1.53. The molecule has 0 aliphatic rings. The third-order valence-corrected chi connectivity index (χ3v) is 2.75. The molecule has 1 aromatic carbocycles. The molecule has 6 nitrogen and oxygen atoms in total. The summed E-state index contributed by atoms with van der Waals surface area (Å²) in [6.45, 7) is 4.48. The van der Waals surface area contributed by atoms with Gasteiger partial charge in [-0.3, -0.25) is 4.79 Å². The maximum Gasteiger partial charge on any atom is 0.325 e. The minimum atomic E-state index is -1.06. The Morgan fingerprint density at radius 2 is 2.00 bits per heavy atom. The molecule has 0 radical (unpaired) electrons. The summed E-state index contributed by atoms with van der Waals surface area (Å²) in [6.07, 6.45) is 0. The number of hydrogen-bond donors (Lipinski definition) is 2. The first-order valence-corrected chi connectivity index (χ1v) is 6.50. The number of carbonyl (C=O) groups excluding carboxylic acids is 1. The van der Waals surface area contributed by atoms with Crippen LogP contribution in [0.5, 0.6) is 5.75 Å². The number of nitrogens with one attached hydrogen (secondary N) is 1. The maximum absolute atomic E-state index is 11.8. The number of ether oxygens (including phenoxy) is 1. The van der Waals surface area contributed by atoms with Crippen LogP contribution in [0.2, 0.25) is 0 Å². The molecular weight excluding hydrogens is 260 g/mol. The Bertz CT molecular complexity index is 436. The van der Waals surface area contributed by atoms with Gasteiger partial charge in [-0.1, -0.05) is 18.2 Å². The fourth-order valence-electron chi connectivity index (χ4n) is 1.53. The molecule has 0 fully saturated rings. The van der Waals surface area contributed by atoms with Crippen molar-refractivity contribution in [2.24, 2.45) is 0 Å². The van der Waals surface area contributed by atoms with Crippen molar-refractivity contribution in [1.82, 2.24) is 10.2 Å². The van der Waals surface area contributed by atoms with E-state index in [9.17, 15) is 9.59 Å². The summed E-state index contributed by atoms with van der Waals surface area (Å²) in [5, 5.41) is 11.2. The summed E-state index contributed by atoms with van der Waals surface area (Å²) in [7, 11) is 0. The molecule has 0 saturated heterocycles. The van der Waals surface area contributed by atoms with Gasteiger partial charge in [0.1, 0.15) is 18.4 Å². The number of rotatable bonds is 7. The minimum absolute atomic E-state index is 0.354. The highest BCUT2D eigenvalue weighted by Crippen LogP contribution is 2.07. The molecule has 1 aromatic rings. The number of aliphatic carboxylic acids is 1. The second-order valence-electron chi connectivity index (χ2n) is 4.25. The van der Waals surface area contributed by atoms with Crippen molar-refractivity contribution in [3.8, 4) is 5.75 Å². The lowest BCUT2D eigenvalue weighted by molar-refractivity contribution is -0.138. The van der Waals surface area contributed by atoms with Gasteiger partial charge in [-0.05, 0) is 26.0 Å². The highest BCUT2D eigenvalue weighted by atomic mass is 16.5. The number of carboxylic acid groups (broad SMARTS) is 1. The van der Waals surface area contributed by atoms with Gasteiger partial charge in [0.05, 0.1) is 6.54 Å². The molecule has 0 saturated carbocycles. The molecule has 6 heteroatoms. The maximum atomic E-state index is 11.8. The van der Waals surface area contributed by atoms with E-state index in [0.717, 1.165) is 5.75 Å². The van der Waals surface area contributed by atoms with E-state index in [4.69, 9.17) is 9.84 Å². The van der Waals surface area contributed by atoms with E-state index in [1.165, 1.54) is 11.8 Å². The molecular formula is C14H20N2O4. The summed E-state index contributed by atoms with van der Waals surface area (Å²) >= 11 is 0. The number of amides is 2. The van der Waals surface area contributed by atoms with Crippen LogP contribution >= 0.6 is 0 Å². The van der Waals surface area contributed by atoms with Gasteiger partial charge in [-0.2, -0.15) is 0 Å². The van der Waals surface area contributed by atoms with Crippen molar-refractivity contribution in [2.75, 3.05) is 19.7 Å². The van der Waals surface area contributed by atoms with Gasteiger partial charge in [-0.15, -0.1) is 0 Å². The molecule has 0 spiro atoms. The quantitative estimate of drug-likeness (QED) is 0.794. The standard InChI is InChI=1S/C14H20N2O4/c1-3-16(14(19)15-11(2)13(17)18)9-10-20-12-7-5-4-6-8-12/h4-8,11H,3,9-10H2,1-2H3,(H,15,19)(H,17,18)/t11-/m0/s1. The lowest BCUT2D eigenvalue weighted by Crippen LogP contribution is -2.47. The van der Waals surface area contributed by atoms with Crippen LogP contribution in [-0.4, -0.2) is 47.7 Å². The molecule has 0 aliphatic heterocycles. The highest BCUT2D eigenvalue weighted by Gasteiger charge is 2.18. The number of carbonyl (C=O) groups is 2. The molecule has 1 atom stereocenters. The number of para-hydroxylation sites is 1. The van der Waals surface area contributed by atoms with Gasteiger partial charge in [0.25, 0.3) is 0 Å². The molecule has 0 unspecified atom stereocenters. The molecule has 20 heavy (non-hydrogen) atoms. The van der Waals surface area contributed by atoms with Crippen molar-refractivity contribution in [3.05, 3.63) is 30.3 Å². The number of benzene rings is 1. The summed E-state index contributed by atoms with van der Waals surface area (Å²) < 4.78 is 5.50. The van der Waals surface area contributed by atoms with Gasteiger partial charge in [0.2, 0.25) is 0 Å². The van der Waals surface area contributed by atoms with Gasteiger partial charge < -0.3 is 20.1 Å². The van der Waals surface area contributed by atoms with E-state index in [2.05, 4.69) is 5.32 Å². The number of likely N-dealkylation sites (N-methyl/N-ethyl adjacent to an activating group) is 1. The zero-order valence-electron chi connectivity index (χ0n) is 11.7. The number of nitrogens with zero attached hydrogens (tertiary/aromatic N) is 1. The first kappa shape index (κ1) is 15.8.